The summed E-state index contributed by atoms with van der Waals surface area (Å²) in [6.07, 6.45) is -3.55. The summed E-state index contributed by atoms with van der Waals surface area (Å²) < 4.78 is 17.3. The SMILES string of the molecule is C=CC[C@@]1(OC2(CO)O[C@H](CO)[C@@H](O)[C@@H]2O)O[C@H](CO)[C@@H](O)[C@H](O)[C@]1(O)CCCCCCCC. The zero-order valence-corrected chi connectivity index (χ0v) is 19.8. The Morgan fingerprint density at radius 1 is 0.853 bits per heavy atom. The summed E-state index contributed by atoms with van der Waals surface area (Å²) in [6, 6.07) is 0. The molecule has 2 aliphatic rings. The van der Waals surface area contributed by atoms with Crippen LogP contribution in [0.5, 0.6) is 0 Å². The van der Waals surface area contributed by atoms with Crippen LogP contribution in [-0.2, 0) is 14.2 Å². The Morgan fingerprint density at radius 3 is 1.94 bits per heavy atom. The van der Waals surface area contributed by atoms with Gasteiger partial charge in [0.25, 0.3) is 0 Å². The van der Waals surface area contributed by atoms with Gasteiger partial charge < -0.3 is 55.1 Å². The van der Waals surface area contributed by atoms with E-state index >= 15 is 0 Å². The summed E-state index contributed by atoms with van der Waals surface area (Å²) >= 11 is 0. The quantitative estimate of drug-likeness (QED) is 0.105. The number of unbranched alkanes of at least 4 members (excludes halogenated alkanes) is 5. The van der Waals surface area contributed by atoms with Gasteiger partial charge in [0.1, 0.15) is 48.8 Å². The van der Waals surface area contributed by atoms with Gasteiger partial charge >= 0.3 is 0 Å². The lowest BCUT2D eigenvalue weighted by Gasteiger charge is -2.57. The summed E-state index contributed by atoms with van der Waals surface area (Å²) in [5.41, 5.74) is -2.27. The first-order valence-electron chi connectivity index (χ1n) is 12.1. The molecule has 2 fully saturated rings. The molecule has 0 aromatic rings. The van der Waals surface area contributed by atoms with E-state index in [1.807, 2.05) is 0 Å². The number of aliphatic hydroxyl groups is 8. The van der Waals surface area contributed by atoms with Gasteiger partial charge in [0.2, 0.25) is 11.6 Å². The first-order valence-corrected chi connectivity index (χ1v) is 12.1. The molecule has 9 atom stereocenters. The number of hydrogen-bond acceptors (Lipinski definition) is 11. The van der Waals surface area contributed by atoms with Crippen LogP contribution in [0.15, 0.2) is 12.7 Å². The van der Waals surface area contributed by atoms with Crippen LogP contribution in [0.3, 0.4) is 0 Å². The average molecular weight is 495 g/mol. The Bertz CT molecular complexity index is 636. The van der Waals surface area contributed by atoms with Crippen LogP contribution < -0.4 is 0 Å². The van der Waals surface area contributed by atoms with Crippen molar-refractivity contribution >= 4 is 0 Å². The van der Waals surface area contributed by atoms with Crippen LogP contribution in [0.2, 0.25) is 0 Å². The zero-order valence-electron chi connectivity index (χ0n) is 19.8. The van der Waals surface area contributed by atoms with E-state index in [2.05, 4.69) is 13.5 Å². The number of hydrogen-bond donors (Lipinski definition) is 8. The third-order valence-electron chi connectivity index (χ3n) is 6.94. The van der Waals surface area contributed by atoms with Crippen molar-refractivity contribution in [2.24, 2.45) is 0 Å². The maximum atomic E-state index is 11.8. The largest absolute Gasteiger partial charge is 0.394 e. The second-order valence-corrected chi connectivity index (χ2v) is 9.31. The van der Waals surface area contributed by atoms with E-state index in [-0.39, 0.29) is 12.8 Å². The molecule has 0 spiro atoms. The second-order valence-electron chi connectivity index (χ2n) is 9.31. The van der Waals surface area contributed by atoms with Gasteiger partial charge in [-0.1, -0.05) is 51.5 Å². The van der Waals surface area contributed by atoms with E-state index in [1.165, 1.54) is 6.08 Å². The first-order chi connectivity index (χ1) is 16.1. The van der Waals surface area contributed by atoms with Gasteiger partial charge in [-0.05, 0) is 6.42 Å². The molecule has 1 unspecified atom stereocenters. The first kappa shape index (κ1) is 29.5. The van der Waals surface area contributed by atoms with Gasteiger partial charge in [-0.3, -0.25) is 0 Å². The lowest BCUT2D eigenvalue weighted by atomic mass is 9.74. The Hall–Kier alpha value is -0.700. The molecular weight excluding hydrogens is 452 g/mol. The number of rotatable bonds is 14. The molecule has 0 saturated carbocycles. The number of aliphatic hydroxyl groups excluding tert-OH is 7. The van der Waals surface area contributed by atoms with Gasteiger partial charge in [-0.2, -0.15) is 0 Å². The van der Waals surface area contributed by atoms with Crippen LogP contribution in [0, 0.1) is 0 Å². The van der Waals surface area contributed by atoms with Crippen LogP contribution in [0.1, 0.15) is 58.3 Å². The van der Waals surface area contributed by atoms with E-state index in [1.54, 1.807) is 0 Å². The van der Waals surface area contributed by atoms with Crippen LogP contribution in [-0.4, -0.2) is 114 Å². The van der Waals surface area contributed by atoms with E-state index < -0.39 is 73.6 Å². The topological polar surface area (TPSA) is 190 Å². The predicted molar refractivity (Wildman–Crippen MR) is 119 cm³/mol. The Balaban J connectivity index is 2.44. The minimum Gasteiger partial charge on any atom is -0.394 e. The molecule has 11 nitrogen and oxygen atoms in total. The van der Waals surface area contributed by atoms with Crippen molar-refractivity contribution in [3.8, 4) is 0 Å². The van der Waals surface area contributed by atoms with E-state index in [4.69, 9.17) is 14.2 Å². The molecule has 200 valence electrons. The van der Waals surface area contributed by atoms with Crippen molar-refractivity contribution in [2.75, 3.05) is 19.8 Å². The fourth-order valence-corrected chi connectivity index (χ4v) is 4.89. The fraction of sp³-hybridized carbons (Fsp3) is 0.913. The molecule has 0 aliphatic carbocycles. The Kier molecular flexibility index (Phi) is 10.9. The molecule has 0 radical (unpaired) electrons. The average Bonchev–Trinajstić information content (AvgIpc) is 3.07. The van der Waals surface area contributed by atoms with Crippen molar-refractivity contribution in [1.29, 1.82) is 0 Å². The van der Waals surface area contributed by atoms with Crippen molar-refractivity contribution in [3.05, 3.63) is 12.7 Å². The third-order valence-corrected chi connectivity index (χ3v) is 6.94. The Morgan fingerprint density at radius 2 is 1.41 bits per heavy atom. The highest BCUT2D eigenvalue weighted by Crippen LogP contribution is 2.49. The van der Waals surface area contributed by atoms with Crippen molar-refractivity contribution < 1.29 is 55.1 Å². The van der Waals surface area contributed by atoms with Crippen LogP contribution in [0.4, 0.5) is 0 Å². The lowest BCUT2D eigenvalue weighted by Crippen LogP contribution is -2.75. The molecule has 2 rings (SSSR count). The fourth-order valence-electron chi connectivity index (χ4n) is 4.89. The maximum Gasteiger partial charge on any atom is 0.224 e. The van der Waals surface area contributed by atoms with Crippen LogP contribution >= 0.6 is 0 Å². The van der Waals surface area contributed by atoms with Gasteiger partial charge in [0, 0.05) is 6.42 Å². The van der Waals surface area contributed by atoms with Gasteiger partial charge in [-0.25, -0.2) is 0 Å². The highest BCUT2D eigenvalue weighted by molar-refractivity contribution is 5.12. The highest BCUT2D eigenvalue weighted by Gasteiger charge is 2.68. The van der Waals surface area contributed by atoms with Crippen molar-refractivity contribution in [3.63, 3.8) is 0 Å². The molecule has 11 heteroatoms. The normalized spacial score (nSPS) is 42.7. The molecule has 8 N–H and O–H groups in total. The number of ether oxygens (including phenoxy) is 3. The molecule has 34 heavy (non-hydrogen) atoms. The molecule has 2 aliphatic heterocycles. The monoisotopic (exact) mass is 494 g/mol. The van der Waals surface area contributed by atoms with Crippen molar-refractivity contribution in [2.45, 2.75) is 112 Å². The summed E-state index contributed by atoms with van der Waals surface area (Å²) in [6.45, 7) is 3.31. The van der Waals surface area contributed by atoms with Crippen LogP contribution in [0.25, 0.3) is 0 Å². The maximum absolute atomic E-state index is 11.8. The van der Waals surface area contributed by atoms with Gasteiger partial charge in [-0.15, -0.1) is 6.58 Å². The molecule has 2 heterocycles. The molecule has 0 aromatic heterocycles. The smallest absolute Gasteiger partial charge is 0.224 e. The minimum atomic E-state index is -2.34. The second kappa shape index (κ2) is 12.5. The third kappa shape index (κ3) is 5.50. The highest BCUT2D eigenvalue weighted by atomic mass is 16.8. The summed E-state index contributed by atoms with van der Waals surface area (Å²) in [5, 5.41) is 83.5. The van der Waals surface area contributed by atoms with E-state index in [0.29, 0.717) is 12.8 Å². The summed E-state index contributed by atoms with van der Waals surface area (Å²) in [5.74, 6) is -4.58. The zero-order chi connectivity index (χ0) is 25.6. The minimum absolute atomic E-state index is 0.0904. The molecule has 2 saturated heterocycles. The van der Waals surface area contributed by atoms with E-state index in [9.17, 15) is 40.9 Å². The summed E-state index contributed by atoms with van der Waals surface area (Å²) in [4.78, 5) is 0. The van der Waals surface area contributed by atoms with Gasteiger partial charge in [0.05, 0.1) is 13.2 Å². The predicted octanol–water partition coefficient (Wildman–Crippen LogP) is -1.33. The molecular formula is C23H42O11. The van der Waals surface area contributed by atoms with Gasteiger partial charge in [0.15, 0.2) is 0 Å². The standard InChI is InChI=1S/C23H42O11/c1-3-5-6-7-8-9-11-21(31)19(29)17(27)16(13-25)33-23(21,10-4-2)34-22(14-26)20(30)18(28)15(12-24)32-22/h4,15-20,24-31H,2-3,5-14H2,1H3/t15-,16-,17-,18-,19+,20+,21-,22?,23+/m1/s1. The molecule has 0 amide bonds. The summed E-state index contributed by atoms with van der Waals surface area (Å²) in [7, 11) is 0. The Labute approximate surface area is 200 Å². The van der Waals surface area contributed by atoms with E-state index in [0.717, 1.165) is 25.7 Å². The van der Waals surface area contributed by atoms with Crippen molar-refractivity contribution in [1.82, 2.24) is 0 Å². The lowest BCUT2D eigenvalue weighted by molar-refractivity contribution is -0.458. The molecule has 0 bridgehead atoms. The molecule has 0 aromatic carbocycles.